The van der Waals surface area contributed by atoms with Crippen molar-refractivity contribution in [2.75, 3.05) is 6.61 Å². The van der Waals surface area contributed by atoms with E-state index in [1.54, 1.807) is 0 Å². The first-order valence-electron chi connectivity index (χ1n) is 5.63. The number of hydrogen-bond donors (Lipinski definition) is 1. The van der Waals surface area contributed by atoms with Crippen LogP contribution in [0, 0.1) is 0 Å². The highest BCUT2D eigenvalue weighted by molar-refractivity contribution is 8.13. The van der Waals surface area contributed by atoms with E-state index in [-0.39, 0.29) is 39.2 Å². The van der Waals surface area contributed by atoms with Crippen LogP contribution in [-0.2, 0) is 13.8 Å². The molecule has 0 aromatic heterocycles. The van der Waals surface area contributed by atoms with E-state index < -0.39 is 9.05 Å². The summed E-state index contributed by atoms with van der Waals surface area (Å²) in [5.74, 6) is -0.239. The van der Waals surface area contributed by atoms with Gasteiger partial charge in [0, 0.05) is 16.7 Å². The minimum Gasteiger partial charge on any atom is -0.481 e. The summed E-state index contributed by atoms with van der Waals surface area (Å²) in [6.45, 7) is -0.247. The van der Waals surface area contributed by atoms with Crippen molar-refractivity contribution >= 4 is 48.8 Å². The van der Waals surface area contributed by atoms with Gasteiger partial charge < -0.3 is 10.1 Å². The van der Waals surface area contributed by atoms with Crippen LogP contribution in [0.15, 0.2) is 17.0 Å². The molecule has 5 nitrogen and oxygen atoms in total. The van der Waals surface area contributed by atoms with Gasteiger partial charge >= 0.3 is 0 Å². The van der Waals surface area contributed by atoms with Gasteiger partial charge in [-0.05, 0) is 25.0 Å². The molecule has 0 unspecified atom stereocenters. The number of carbonyl (C=O) groups is 1. The van der Waals surface area contributed by atoms with Crippen molar-refractivity contribution in [2.24, 2.45) is 0 Å². The van der Waals surface area contributed by atoms with Crippen molar-refractivity contribution in [3.05, 3.63) is 22.2 Å². The van der Waals surface area contributed by atoms with E-state index in [4.69, 9.17) is 38.6 Å². The van der Waals surface area contributed by atoms with Crippen molar-refractivity contribution in [1.82, 2.24) is 5.32 Å². The largest absolute Gasteiger partial charge is 0.481 e. The normalized spacial score (nSPS) is 14.9. The Morgan fingerprint density at radius 1 is 1.30 bits per heavy atom. The highest BCUT2D eigenvalue weighted by Gasteiger charge is 2.24. The third-order valence-electron chi connectivity index (χ3n) is 2.54. The van der Waals surface area contributed by atoms with Gasteiger partial charge in [-0.25, -0.2) is 8.42 Å². The topological polar surface area (TPSA) is 72.5 Å². The van der Waals surface area contributed by atoms with Crippen molar-refractivity contribution in [3.63, 3.8) is 0 Å². The quantitative estimate of drug-likeness (QED) is 0.821. The van der Waals surface area contributed by atoms with Gasteiger partial charge in [0.1, 0.15) is 0 Å². The Labute approximate surface area is 130 Å². The molecule has 110 valence electrons. The summed E-state index contributed by atoms with van der Waals surface area (Å²) in [6, 6.07) is 2.45. The summed E-state index contributed by atoms with van der Waals surface area (Å²) in [4.78, 5) is 11.2. The highest BCUT2D eigenvalue weighted by atomic mass is 35.7. The number of ether oxygens (including phenoxy) is 1. The Morgan fingerprint density at radius 2 is 1.85 bits per heavy atom. The molecule has 9 heteroatoms. The molecule has 0 spiro atoms. The summed E-state index contributed by atoms with van der Waals surface area (Å²) in [5.41, 5.74) is 0. The first-order valence-corrected chi connectivity index (χ1v) is 8.70. The predicted molar refractivity (Wildman–Crippen MR) is 76.2 cm³/mol. The number of halogens is 3. The van der Waals surface area contributed by atoms with Gasteiger partial charge in [-0.1, -0.05) is 23.2 Å². The molecular weight excluding hydrogens is 349 g/mol. The van der Waals surface area contributed by atoms with Crippen LogP contribution in [-0.4, -0.2) is 27.0 Å². The summed E-state index contributed by atoms with van der Waals surface area (Å²) >= 11 is 11.8. The first-order chi connectivity index (χ1) is 9.27. The van der Waals surface area contributed by atoms with Crippen molar-refractivity contribution in [3.8, 4) is 5.75 Å². The van der Waals surface area contributed by atoms with E-state index in [1.807, 2.05) is 0 Å². The Kier molecular flexibility index (Phi) is 4.69. The van der Waals surface area contributed by atoms with Crippen molar-refractivity contribution in [1.29, 1.82) is 0 Å². The molecule has 1 aliphatic rings. The van der Waals surface area contributed by atoms with Crippen LogP contribution in [0.1, 0.15) is 12.8 Å². The van der Waals surface area contributed by atoms with Crippen LogP contribution < -0.4 is 10.1 Å². The lowest BCUT2D eigenvalue weighted by Gasteiger charge is -2.11. The molecule has 0 bridgehead atoms. The zero-order valence-electron chi connectivity index (χ0n) is 10.0. The Bertz CT molecular complexity index is 620. The fraction of sp³-hybridized carbons (Fsp3) is 0.364. The van der Waals surface area contributed by atoms with Gasteiger partial charge in [0.15, 0.2) is 12.4 Å². The maximum absolute atomic E-state index is 11.5. The minimum atomic E-state index is -3.93. The van der Waals surface area contributed by atoms with Crippen LogP contribution in [0.4, 0.5) is 0 Å². The molecule has 1 saturated carbocycles. The van der Waals surface area contributed by atoms with E-state index in [0.717, 1.165) is 25.0 Å². The second-order valence-electron chi connectivity index (χ2n) is 4.28. The predicted octanol–water partition coefficient (Wildman–Crippen LogP) is 2.58. The van der Waals surface area contributed by atoms with Gasteiger partial charge in [-0.2, -0.15) is 0 Å². The number of hydrogen-bond acceptors (Lipinski definition) is 4. The average molecular weight is 359 g/mol. The van der Waals surface area contributed by atoms with Crippen LogP contribution in [0.5, 0.6) is 5.75 Å². The number of nitrogens with one attached hydrogen (secondary N) is 1. The van der Waals surface area contributed by atoms with Crippen molar-refractivity contribution in [2.45, 2.75) is 23.8 Å². The van der Waals surface area contributed by atoms with Gasteiger partial charge in [0.05, 0.1) is 14.9 Å². The molecule has 1 N–H and O–H groups in total. The Hall–Kier alpha value is -0.690. The summed E-state index contributed by atoms with van der Waals surface area (Å²) in [6.07, 6.45) is 1.94. The van der Waals surface area contributed by atoms with Gasteiger partial charge in [0.25, 0.3) is 15.0 Å². The smallest absolute Gasteiger partial charge is 0.261 e. The zero-order chi connectivity index (χ0) is 14.9. The molecule has 20 heavy (non-hydrogen) atoms. The fourth-order valence-corrected chi connectivity index (χ4v) is 2.96. The lowest BCUT2D eigenvalue weighted by Crippen LogP contribution is -2.30. The maximum atomic E-state index is 11.5. The second kappa shape index (κ2) is 5.97. The van der Waals surface area contributed by atoms with E-state index in [0.29, 0.717) is 0 Å². The summed E-state index contributed by atoms with van der Waals surface area (Å²) in [5, 5.41) is 2.67. The van der Waals surface area contributed by atoms with Crippen LogP contribution in [0.25, 0.3) is 0 Å². The van der Waals surface area contributed by atoms with E-state index >= 15 is 0 Å². The highest BCUT2D eigenvalue weighted by Crippen LogP contribution is 2.36. The average Bonchev–Trinajstić information content (AvgIpc) is 3.10. The minimum absolute atomic E-state index is 0.0315. The molecule has 1 aliphatic carbocycles. The number of benzene rings is 1. The molecule has 1 amide bonds. The van der Waals surface area contributed by atoms with Gasteiger partial charge in [0.2, 0.25) is 0 Å². The van der Waals surface area contributed by atoms with Crippen LogP contribution in [0.3, 0.4) is 0 Å². The molecule has 2 rings (SSSR count). The number of amides is 1. The Balaban J connectivity index is 2.09. The van der Waals surface area contributed by atoms with E-state index in [9.17, 15) is 13.2 Å². The molecule has 1 fully saturated rings. The molecule has 1 aromatic carbocycles. The van der Waals surface area contributed by atoms with E-state index in [2.05, 4.69) is 5.32 Å². The van der Waals surface area contributed by atoms with Crippen LogP contribution in [0.2, 0.25) is 10.0 Å². The van der Waals surface area contributed by atoms with E-state index in [1.165, 1.54) is 0 Å². The summed E-state index contributed by atoms with van der Waals surface area (Å²) < 4.78 is 27.6. The third-order valence-corrected chi connectivity index (χ3v) is 4.44. The molecular formula is C11H10Cl3NO4S. The number of rotatable bonds is 5. The Morgan fingerprint density at radius 3 is 2.30 bits per heavy atom. The monoisotopic (exact) mass is 357 g/mol. The van der Waals surface area contributed by atoms with Crippen LogP contribution >= 0.6 is 33.9 Å². The maximum Gasteiger partial charge on any atom is 0.261 e. The molecule has 0 radical (unpaired) electrons. The fourth-order valence-electron chi connectivity index (χ4n) is 1.45. The first kappa shape index (κ1) is 15.7. The molecule has 0 atom stereocenters. The lowest BCUT2D eigenvalue weighted by molar-refractivity contribution is -0.123. The molecule has 0 saturated heterocycles. The van der Waals surface area contributed by atoms with Crippen molar-refractivity contribution < 1.29 is 17.9 Å². The third kappa shape index (κ3) is 4.15. The van der Waals surface area contributed by atoms with Gasteiger partial charge in [-0.3, -0.25) is 4.79 Å². The summed E-state index contributed by atoms with van der Waals surface area (Å²) in [7, 11) is 1.26. The lowest BCUT2D eigenvalue weighted by atomic mass is 10.3. The SMILES string of the molecule is O=C(COc1c(Cl)cc(S(=O)(=O)Cl)cc1Cl)NC1CC1. The number of carbonyl (C=O) groups excluding carboxylic acids is 1. The molecule has 0 heterocycles. The second-order valence-corrected chi connectivity index (χ2v) is 7.66. The molecule has 1 aromatic rings. The standard InChI is InChI=1S/C11H10Cl3NO4S/c12-8-3-7(20(14,17)18)4-9(13)11(8)19-5-10(16)15-6-1-2-6/h3-4,6H,1-2,5H2,(H,15,16). The zero-order valence-corrected chi connectivity index (χ0v) is 13.1. The molecule has 0 aliphatic heterocycles. The van der Waals surface area contributed by atoms with Gasteiger partial charge in [-0.15, -0.1) is 0 Å².